The summed E-state index contributed by atoms with van der Waals surface area (Å²) in [5, 5.41) is 11.2. The molecule has 1 atom stereocenters. The lowest BCUT2D eigenvalue weighted by atomic mass is 10.1. The van der Waals surface area contributed by atoms with Crippen LogP contribution in [-0.2, 0) is 0 Å². The number of aromatic nitrogens is 3. The van der Waals surface area contributed by atoms with Gasteiger partial charge in [0.1, 0.15) is 0 Å². The number of nitrogens with two attached hydrogens (primary N) is 1. The minimum absolute atomic E-state index is 0.584. The second-order valence-electron chi connectivity index (χ2n) is 4.22. The molecule has 0 amide bonds. The molecule has 1 aromatic heterocycles. The van der Waals surface area contributed by atoms with Gasteiger partial charge in [0.05, 0.1) is 11.4 Å². The number of aryl methyl sites for hydroxylation is 2. The largest absolute Gasteiger partial charge is 0.353 e. The van der Waals surface area contributed by atoms with Crippen LogP contribution in [0.2, 0.25) is 0 Å². The summed E-state index contributed by atoms with van der Waals surface area (Å²) in [7, 11) is 0. The van der Waals surface area contributed by atoms with E-state index >= 15 is 0 Å². The molecule has 16 heavy (non-hydrogen) atoms. The molecule has 5 nitrogen and oxygen atoms in total. The van der Waals surface area contributed by atoms with Crippen LogP contribution >= 0.6 is 0 Å². The third kappa shape index (κ3) is 4.10. The highest BCUT2D eigenvalue weighted by Gasteiger charge is 2.01. The molecule has 1 rings (SSSR count). The molecule has 0 saturated carbocycles. The van der Waals surface area contributed by atoms with Crippen molar-refractivity contribution < 1.29 is 0 Å². The van der Waals surface area contributed by atoms with Gasteiger partial charge >= 0.3 is 0 Å². The number of hydrogen-bond acceptors (Lipinski definition) is 5. The lowest BCUT2D eigenvalue weighted by Crippen LogP contribution is -2.13. The maximum absolute atomic E-state index is 5.55. The van der Waals surface area contributed by atoms with Crippen LogP contribution in [0.5, 0.6) is 0 Å². The van der Waals surface area contributed by atoms with Gasteiger partial charge in [-0.1, -0.05) is 6.92 Å². The van der Waals surface area contributed by atoms with E-state index in [4.69, 9.17) is 5.73 Å². The van der Waals surface area contributed by atoms with E-state index in [2.05, 4.69) is 27.4 Å². The van der Waals surface area contributed by atoms with Crippen molar-refractivity contribution in [2.24, 2.45) is 11.7 Å². The molecule has 0 radical (unpaired) electrons. The zero-order valence-electron chi connectivity index (χ0n) is 10.3. The summed E-state index contributed by atoms with van der Waals surface area (Å²) in [5.41, 5.74) is 7.35. The highest BCUT2D eigenvalue weighted by molar-refractivity contribution is 5.24. The number of hydrogen-bond donors (Lipinski definition) is 2. The van der Waals surface area contributed by atoms with Gasteiger partial charge < -0.3 is 11.1 Å². The third-order valence-electron chi connectivity index (χ3n) is 2.65. The van der Waals surface area contributed by atoms with Crippen LogP contribution in [-0.4, -0.2) is 28.3 Å². The van der Waals surface area contributed by atoms with Gasteiger partial charge in [-0.05, 0) is 39.2 Å². The first kappa shape index (κ1) is 12.8. The van der Waals surface area contributed by atoms with Gasteiger partial charge in [-0.2, -0.15) is 5.10 Å². The quantitative estimate of drug-likeness (QED) is 0.710. The maximum Gasteiger partial charge on any atom is 0.242 e. The number of nitrogens with one attached hydrogen (secondary N) is 1. The van der Waals surface area contributed by atoms with E-state index in [0.29, 0.717) is 11.9 Å². The molecule has 0 aliphatic carbocycles. The van der Waals surface area contributed by atoms with Gasteiger partial charge in [-0.3, -0.25) is 0 Å². The Balaban J connectivity index is 2.29. The Labute approximate surface area is 96.9 Å². The Morgan fingerprint density at radius 2 is 2.00 bits per heavy atom. The predicted molar refractivity (Wildman–Crippen MR) is 65.2 cm³/mol. The summed E-state index contributed by atoms with van der Waals surface area (Å²) >= 11 is 0. The van der Waals surface area contributed by atoms with Gasteiger partial charge in [0.25, 0.3) is 0 Å². The average molecular weight is 223 g/mol. The molecule has 90 valence electrons. The van der Waals surface area contributed by atoms with Crippen molar-refractivity contribution >= 4 is 5.95 Å². The van der Waals surface area contributed by atoms with Crippen LogP contribution in [0.15, 0.2) is 0 Å². The second kappa shape index (κ2) is 6.37. The first-order valence-corrected chi connectivity index (χ1v) is 5.75. The highest BCUT2D eigenvalue weighted by Crippen LogP contribution is 2.05. The fourth-order valence-corrected chi connectivity index (χ4v) is 1.30. The van der Waals surface area contributed by atoms with Crippen molar-refractivity contribution in [3.05, 3.63) is 11.4 Å². The Kier molecular flexibility index (Phi) is 5.11. The van der Waals surface area contributed by atoms with Gasteiger partial charge in [-0.15, -0.1) is 5.10 Å². The summed E-state index contributed by atoms with van der Waals surface area (Å²) in [5.74, 6) is 1.20. The van der Waals surface area contributed by atoms with E-state index in [1.54, 1.807) is 0 Å². The Morgan fingerprint density at radius 3 is 2.62 bits per heavy atom. The molecule has 0 aromatic carbocycles. The zero-order valence-corrected chi connectivity index (χ0v) is 10.3. The monoisotopic (exact) mass is 223 g/mol. The van der Waals surface area contributed by atoms with Crippen LogP contribution in [0, 0.1) is 19.8 Å². The molecule has 1 heterocycles. The van der Waals surface area contributed by atoms with Crippen molar-refractivity contribution in [2.45, 2.75) is 33.6 Å². The van der Waals surface area contributed by atoms with E-state index in [1.165, 1.54) is 0 Å². The molecule has 0 spiro atoms. The van der Waals surface area contributed by atoms with Crippen molar-refractivity contribution in [3.8, 4) is 0 Å². The Hall–Kier alpha value is -1.23. The molecule has 1 unspecified atom stereocenters. The molecule has 5 heteroatoms. The Morgan fingerprint density at radius 1 is 1.25 bits per heavy atom. The minimum Gasteiger partial charge on any atom is -0.353 e. The number of nitrogens with zero attached hydrogens (tertiary/aromatic N) is 3. The lowest BCUT2D eigenvalue weighted by molar-refractivity contribution is 0.529. The normalized spacial score (nSPS) is 12.5. The fraction of sp³-hybridized carbons (Fsp3) is 0.727. The van der Waals surface area contributed by atoms with Crippen molar-refractivity contribution in [1.82, 2.24) is 15.2 Å². The predicted octanol–water partition coefficient (Wildman–Crippen LogP) is 1.28. The first-order valence-electron chi connectivity index (χ1n) is 5.75. The summed E-state index contributed by atoms with van der Waals surface area (Å²) < 4.78 is 0. The summed E-state index contributed by atoms with van der Waals surface area (Å²) in [6.07, 6.45) is 2.20. The van der Waals surface area contributed by atoms with Crippen LogP contribution in [0.3, 0.4) is 0 Å². The smallest absolute Gasteiger partial charge is 0.242 e. The molecule has 0 saturated heterocycles. The van der Waals surface area contributed by atoms with E-state index in [1.807, 2.05) is 13.8 Å². The van der Waals surface area contributed by atoms with Crippen LogP contribution in [0.4, 0.5) is 5.95 Å². The summed E-state index contributed by atoms with van der Waals surface area (Å²) in [6, 6.07) is 0. The first-order chi connectivity index (χ1) is 7.63. The SMILES string of the molecule is Cc1nnc(NCCCC(C)CN)nc1C. The zero-order chi connectivity index (χ0) is 12.0. The van der Waals surface area contributed by atoms with Gasteiger partial charge in [0.2, 0.25) is 5.95 Å². The minimum atomic E-state index is 0.584. The van der Waals surface area contributed by atoms with Gasteiger partial charge in [-0.25, -0.2) is 4.98 Å². The molecule has 0 fully saturated rings. The van der Waals surface area contributed by atoms with Crippen molar-refractivity contribution in [3.63, 3.8) is 0 Å². The van der Waals surface area contributed by atoms with E-state index in [9.17, 15) is 0 Å². The topological polar surface area (TPSA) is 76.7 Å². The molecule has 0 bridgehead atoms. The van der Waals surface area contributed by atoms with Gasteiger partial charge in [0.15, 0.2) is 0 Å². The summed E-state index contributed by atoms with van der Waals surface area (Å²) in [6.45, 7) is 7.62. The van der Waals surface area contributed by atoms with E-state index < -0.39 is 0 Å². The number of anilines is 1. The molecule has 1 aromatic rings. The van der Waals surface area contributed by atoms with Gasteiger partial charge in [0, 0.05) is 6.54 Å². The average Bonchev–Trinajstić information content (AvgIpc) is 2.28. The Bertz CT molecular complexity index is 326. The molecular formula is C11H21N5. The summed E-state index contributed by atoms with van der Waals surface area (Å²) in [4.78, 5) is 4.30. The van der Waals surface area contributed by atoms with Crippen LogP contribution < -0.4 is 11.1 Å². The number of rotatable bonds is 6. The van der Waals surface area contributed by atoms with Crippen molar-refractivity contribution in [2.75, 3.05) is 18.4 Å². The van der Waals surface area contributed by atoms with Crippen LogP contribution in [0.25, 0.3) is 0 Å². The molecular weight excluding hydrogens is 202 g/mol. The highest BCUT2D eigenvalue weighted by atomic mass is 15.2. The lowest BCUT2D eigenvalue weighted by Gasteiger charge is -2.08. The molecule has 3 N–H and O–H groups in total. The second-order valence-corrected chi connectivity index (χ2v) is 4.22. The molecule has 0 aliphatic rings. The standard InChI is InChI=1S/C11H21N5/c1-8(7-12)5-4-6-13-11-14-9(2)10(3)15-16-11/h8H,4-7,12H2,1-3H3,(H,13,14,16). The van der Waals surface area contributed by atoms with Crippen LogP contribution in [0.1, 0.15) is 31.2 Å². The molecule has 0 aliphatic heterocycles. The van der Waals surface area contributed by atoms with E-state index in [-0.39, 0.29) is 0 Å². The fourth-order valence-electron chi connectivity index (χ4n) is 1.30. The van der Waals surface area contributed by atoms with E-state index in [0.717, 1.165) is 37.3 Å². The maximum atomic E-state index is 5.55. The van der Waals surface area contributed by atoms with Crippen molar-refractivity contribution in [1.29, 1.82) is 0 Å². The third-order valence-corrected chi connectivity index (χ3v) is 2.65.